The molecule has 0 aliphatic rings. The molecule has 1 aromatic carbocycles. The number of carbonyl (C=O) groups excluding carboxylic acids is 1. The summed E-state index contributed by atoms with van der Waals surface area (Å²) in [4.78, 5) is 13.7. The third-order valence-corrected chi connectivity index (χ3v) is 4.71. The summed E-state index contributed by atoms with van der Waals surface area (Å²) in [6.45, 7) is 0. The van der Waals surface area contributed by atoms with Crippen LogP contribution in [0.3, 0.4) is 0 Å². The molecule has 0 radical (unpaired) electrons. The smallest absolute Gasteiger partial charge is 0.341 e. The number of thioether (sulfide) groups is 1. The maximum atomic E-state index is 11.7. The van der Waals surface area contributed by atoms with Gasteiger partial charge in [0.2, 0.25) is 5.16 Å². The zero-order chi connectivity index (χ0) is 18.7. The molecule has 8 nitrogen and oxygen atoms in total. The number of hydrogen-bond donors (Lipinski definition) is 1. The van der Waals surface area contributed by atoms with E-state index in [2.05, 4.69) is 10.2 Å². The number of nitrogen functional groups attached to an aromatic ring is 1. The SMILES string of the molecule is COC(=O)c1ccoc1CSc1nnc(-c2cccc(N(C)C)c2)n1N. The maximum absolute atomic E-state index is 11.7. The molecule has 0 saturated heterocycles. The van der Waals surface area contributed by atoms with Crippen LogP contribution in [0.2, 0.25) is 0 Å². The highest BCUT2D eigenvalue weighted by Gasteiger charge is 2.18. The van der Waals surface area contributed by atoms with E-state index >= 15 is 0 Å². The highest BCUT2D eigenvalue weighted by atomic mass is 32.2. The highest BCUT2D eigenvalue weighted by molar-refractivity contribution is 7.98. The first kappa shape index (κ1) is 17.9. The van der Waals surface area contributed by atoms with E-state index in [4.69, 9.17) is 15.0 Å². The second-order valence-electron chi connectivity index (χ2n) is 5.66. The summed E-state index contributed by atoms with van der Waals surface area (Å²) in [7, 11) is 5.27. The van der Waals surface area contributed by atoms with Crippen LogP contribution in [0.4, 0.5) is 5.69 Å². The Morgan fingerprint density at radius 2 is 2.15 bits per heavy atom. The van der Waals surface area contributed by atoms with Crippen LogP contribution in [0, 0.1) is 0 Å². The third kappa shape index (κ3) is 3.52. The summed E-state index contributed by atoms with van der Waals surface area (Å²) in [5.41, 5.74) is 2.30. The van der Waals surface area contributed by atoms with Crippen molar-refractivity contribution >= 4 is 23.4 Å². The standard InChI is InChI=1S/C17H19N5O3S/c1-21(2)12-6-4-5-11(9-12)15-19-20-17(22(15)18)26-10-14-13(7-8-25-14)16(23)24-3/h4-9H,10,18H2,1-3H3. The molecular formula is C17H19N5O3S. The van der Waals surface area contributed by atoms with Gasteiger partial charge in [-0.05, 0) is 18.2 Å². The van der Waals surface area contributed by atoms with Gasteiger partial charge in [0.05, 0.1) is 19.1 Å². The van der Waals surface area contributed by atoms with Crippen molar-refractivity contribution in [2.24, 2.45) is 0 Å². The quantitative estimate of drug-likeness (QED) is 0.399. The van der Waals surface area contributed by atoms with Crippen LogP contribution in [-0.2, 0) is 10.5 Å². The Morgan fingerprint density at radius 1 is 1.35 bits per heavy atom. The van der Waals surface area contributed by atoms with Crippen molar-refractivity contribution in [3.05, 3.63) is 47.9 Å². The molecule has 0 aliphatic carbocycles. The molecule has 0 amide bonds. The number of nitrogens with zero attached hydrogens (tertiary/aromatic N) is 4. The predicted octanol–water partition coefficient (Wildman–Crippen LogP) is 2.40. The molecule has 0 spiro atoms. The second kappa shape index (κ2) is 7.52. The average Bonchev–Trinajstić information content (AvgIpc) is 3.26. The predicted molar refractivity (Wildman–Crippen MR) is 99.5 cm³/mol. The molecule has 9 heteroatoms. The fourth-order valence-electron chi connectivity index (χ4n) is 2.37. The number of methoxy groups -OCH3 is 1. The summed E-state index contributed by atoms with van der Waals surface area (Å²) in [5, 5.41) is 8.84. The number of carbonyl (C=O) groups is 1. The number of ether oxygens (including phenoxy) is 1. The fraction of sp³-hybridized carbons (Fsp3) is 0.235. The summed E-state index contributed by atoms with van der Waals surface area (Å²) >= 11 is 1.33. The lowest BCUT2D eigenvalue weighted by atomic mass is 10.2. The number of hydrogen-bond acceptors (Lipinski definition) is 8. The Labute approximate surface area is 154 Å². The van der Waals surface area contributed by atoms with E-state index in [1.54, 1.807) is 6.07 Å². The molecule has 0 fully saturated rings. The third-order valence-electron chi connectivity index (χ3n) is 3.77. The lowest BCUT2D eigenvalue weighted by Crippen LogP contribution is -2.12. The van der Waals surface area contributed by atoms with Crippen molar-refractivity contribution in [3.8, 4) is 11.4 Å². The van der Waals surface area contributed by atoms with E-state index in [9.17, 15) is 4.79 Å². The first-order valence-corrected chi connectivity index (χ1v) is 8.75. The van der Waals surface area contributed by atoms with Gasteiger partial charge in [-0.25, -0.2) is 9.47 Å². The van der Waals surface area contributed by atoms with Crippen LogP contribution in [-0.4, -0.2) is 42.0 Å². The Morgan fingerprint density at radius 3 is 2.88 bits per heavy atom. The lowest BCUT2D eigenvalue weighted by molar-refractivity contribution is 0.0598. The Kier molecular flexibility index (Phi) is 5.17. The molecular weight excluding hydrogens is 354 g/mol. The second-order valence-corrected chi connectivity index (χ2v) is 6.60. The first-order chi connectivity index (χ1) is 12.5. The normalized spacial score (nSPS) is 10.7. The van der Waals surface area contributed by atoms with Gasteiger partial charge in [-0.15, -0.1) is 10.2 Å². The van der Waals surface area contributed by atoms with Crippen molar-refractivity contribution in [3.63, 3.8) is 0 Å². The molecule has 0 saturated carbocycles. The molecule has 0 bridgehead atoms. The van der Waals surface area contributed by atoms with E-state index < -0.39 is 5.97 Å². The van der Waals surface area contributed by atoms with Crippen LogP contribution >= 0.6 is 11.8 Å². The number of furan rings is 1. The molecule has 2 heterocycles. The van der Waals surface area contributed by atoms with Crippen molar-refractivity contribution in [1.82, 2.24) is 14.9 Å². The van der Waals surface area contributed by atoms with Gasteiger partial charge in [-0.3, -0.25) is 0 Å². The van der Waals surface area contributed by atoms with E-state index in [1.165, 1.54) is 29.8 Å². The van der Waals surface area contributed by atoms with Crippen molar-refractivity contribution in [1.29, 1.82) is 0 Å². The Hall–Kier alpha value is -2.94. The van der Waals surface area contributed by atoms with Crippen LogP contribution in [0.15, 0.2) is 46.2 Å². The summed E-state index contributed by atoms with van der Waals surface area (Å²) < 4.78 is 11.5. The van der Waals surface area contributed by atoms with Crippen LogP contribution < -0.4 is 10.7 Å². The zero-order valence-electron chi connectivity index (χ0n) is 14.7. The fourth-order valence-corrected chi connectivity index (χ4v) is 3.18. The molecule has 2 N–H and O–H groups in total. The van der Waals surface area contributed by atoms with Gasteiger partial charge < -0.3 is 19.9 Å². The van der Waals surface area contributed by atoms with Gasteiger partial charge >= 0.3 is 5.97 Å². The van der Waals surface area contributed by atoms with E-state index in [0.29, 0.717) is 28.1 Å². The molecule has 0 atom stereocenters. The van der Waals surface area contributed by atoms with Crippen LogP contribution in [0.1, 0.15) is 16.1 Å². The van der Waals surface area contributed by atoms with Gasteiger partial charge in [-0.1, -0.05) is 23.9 Å². The van der Waals surface area contributed by atoms with Crippen molar-refractivity contribution in [2.45, 2.75) is 10.9 Å². The average molecular weight is 373 g/mol. The van der Waals surface area contributed by atoms with Crippen LogP contribution in [0.5, 0.6) is 0 Å². The van der Waals surface area contributed by atoms with E-state index in [0.717, 1.165) is 11.3 Å². The molecule has 2 aromatic heterocycles. The summed E-state index contributed by atoms with van der Waals surface area (Å²) in [6, 6.07) is 9.44. The number of esters is 1. The Balaban J connectivity index is 1.79. The van der Waals surface area contributed by atoms with E-state index in [1.807, 2.05) is 43.3 Å². The maximum Gasteiger partial charge on any atom is 0.341 e. The minimum atomic E-state index is -0.440. The van der Waals surface area contributed by atoms with Gasteiger partial charge in [0, 0.05) is 25.3 Å². The van der Waals surface area contributed by atoms with Gasteiger partial charge in [0.15, 0.2) is 5.82 Å². The largest absolute Gasteiger partial charge is 0.468 e. The number of aromatic nitrogens is 3. The summed E-state index contributed by atoms with van der Waals surface area (Å²) in [6.07, 6.45) is 1.45. The van der Waals surface area contributed by atoms with Crippen molar-refractivity contribution in [2.75, 3.05) is 31.9 Å². The molecule has 3 rings (SSSR count). The van der Waals surface area contributed by atoms with Gasteiger partial charge in [0.1, 0.15) is 11.3 Å². The monoisotopic (exact) mass is 373 g/mol. The topological polar surface area (TPSA) is 99.4 Å². The Bertz CT molecular complexity index is 919. The number of rotatable bonds is 6. The van der Waals surface area contributed by atoms with E-state index in [-0.39, 0.29) is 0 Å². The molecule has 0 aliphatic heterocycles. The molecule has 3 aromatic rings. The highest BCUT2D eigenvalue weighted by Crippen LogP contribution is 2.27. The molecule has 136 valence electrons. The molecule has 0 unspecified atom stereocenters. The minimum Gasteiger partial charge on any atom is -0.468 e. The van der Waals surface area contributed by atoms with Gasteiger partial charge in [-0.2, -0.15) is 0 Å². The van der Waals surface area contributed by atoms with Gasteiger partial charge in [0.25, 0.3) is 0 Å². The minimum absolute atomic E-state index is 0.379. The van der Waals surface area contributed by atoms with Crippen molar-refractivity contribution < 1.29 is 13.9 Å². The lowest BCUT2D eigenvalue weighted by Gasteiger charge is -2.13. The zero-order valence-corrected chi connectivity index (χ0v) is 15.5. The van der Waals surface area contributed by atoms with Crippen LogP contribution in [0.25, 0.3) is 11.4 Å². The summed E-state index contributed by atoms with van der Waals surface area (Å²) in [5.74, 6) is 7.16. The number of anilines is 1. The first-order valence-electron chi connectivity index (χ1n) is 7.77. The molecule has 26 heavy (non-hydrogen) atoms. The number of nitrogens with two attached hydrogens (primary N) is 1. The number of benzene rings is 1.